The molecule has 1 N–H and O–H groups in total. The second-order valence-corrected chi connectivity index (χ2v) is 7.28. The minimum atomic E-state index is -0.813. The van der Waals surface area contributed by atoms with Gasteiger partial charge in [0.1, 0.15) is 5.54 Å². The quantitative estimate of drug-likeness (QED) is 0.583. The molecule has 0 radical (unpaired) electrons. The van der Waals surface area contributed by atoms with Gasteiger partial charge >= 0.3 is 5.97 Å². The van der Waals surface area contributed by atoms with Crippen LogP contribution in [0.5, 0.6) is 0 Å². The first-order chi connectivity index (χ1) is 13.6. The van der Waals surface area contributed by atoms with E-state index in [1.807, 2.05) is 49.4 Å². The standard InChI is InChI=1S/C23H28N2O3/c1-3-21(26)19-11-7-8-12-20(19)24-23(22(27)28-2)13-15-25(16-14-23)17-18-9-5-4-6-10-18/h4-12,24H,3,13-17H2,1-2H3. The van der Waals surface area contributed by atoms with Gasteiger partial charge in [-0.1, -0.05) is 49.4 Å². The van der Waals surface area contributed by atoms with Gasteiger partial charge in [-0.15, -0.1) is 0 Å². The first kappa shape index (κ1) is 20.1. The van der Waals surface area contributed by atoms with Crippen molar-refractivity contribution in [2.75, 3.05) is 25.5 Å². The summed E-state index contributed by atoms with van der Waals surface area (Å²) in [6.45, 7) is 4.27. The summed E-state index contributed by atoms with van der Waals surface area (Å²) in [5.41, 5.74) is 1.78. The first-order valence-corrected chi connectivity index (χ1v) is 9.83. The Morgan fingerprint density at radius 2 is 1.68 bits per heavy atom. The first-order valence-electron chi connectivity index (χ1n) is 9.83. The molecule has 1 saturated heterocycles. The zero-order valence-electron chi connectivity index (χ0n) is 16.6. The van der Waals surface area contributed by atoms with E-state index in [-0.39, 0.29) is 11.8 Å². The number of ether oxygens (including phenoxy) is 1. The Hall–Kier alpha value is -2.66. The number of methoxy groups -OCH3 is 1. The molecule has 0 aromatic heterocycles. The molecule has 0 unspecified atom stereocenters. The van der Waals surface area contributed by atoms with Gasteiger partial charge in [-0.3, -0.25) is 9.69 Å². The van der Waals surface area contributed by atoms with E-state index < -0.39 is 5.54 Å². The maximum atomic E-state index is 12.7. The number of para-hydroxylation sites is 1. The van der Waals surface area contributed by atoms with Crippen molar-refractivity contribution in [2.24, 2.45) is 0 Å². The fraction of sp³-hybridized carbons (Fsp3) is 0.391. The number of esters is 1. The Balaban J connectivity index is 1.77. The third-order valence-corrected chi connectivity index (χ3v) is 5.46. The van der Waals surface area contributed by atoms with Gasteiger partial charge in [0, 0.05) is 37.3 Å². The number of anilines is 1. The summed E-state index contributed by atoms with van der Waals surface area (Å²) in [5.74, 6) is -0.213. The van der Waals surface area contributed by atoms with E-state index in [9.17, 15) is 9.59 Å². The van der Waals surface area contributed by atoms with Crippen molar-refractivity contribution in [2.45, 2.75) is 38.3 Å². The summed E-state index contributed by atoms with van der Waals surface area (Å²) >= 11 is 0. The van der Waals surface area contributed by atoms with Crippen molar-refractivity contribution >= 4 is 17.4 Å². The van der Waals surface area contributed by atoms with E-state index in [1.54, 1.807) is 0 Å². The topological polar surface area (TPSA) is 58.6 Å². The Labute approximate surface area is 166 Å². The van der Waals surface area contributed by atoms with Gasteiger partial charge in [0.15, 0.2) is 5.78 Å². The molecule has 3 rings (SSSR count). The van der Waals surface area contributed by atoms with Crippen molar-refractivity contribution in [1.82, 2.24) is 4.90 Å². The van der Waals surface area contributed by atoms with E-state index in [1.165, 1.54) is 12.7 Å². The predicted octanol–water partition coefficient (Wildman–Crippen LogP) is 3.90. The smallest absolute Gasteiger partial charge is 0.331 e. The van der Waals surface area contributed by atoms with Gasteiger partial charge < -0.3 is 10.1 Å². The summed E-state index contributed by atoms with van der Waals surface area (Å²) in [6, 6.07) is 17.7. The van der Waals surface area contributed by atoms with E-state index in [0.717, 1.165) is 19.6 Å². The zero-order chi connectivity index (χ0) is 20.0. The van der Waals surface area contributed by atoms with E-state index in [4.69, 9.17) is 4.74 Å². The molecule has 5 nitrogen and oxygen atoms in total. The number of nitrogens with zero attached hydrogens (tertiary/aromatic N) is 1. The van der Waals surface area contributed by atoms with Crippen molar-refractivity contribution < 1.29 is 14.3 Å². The normalized spacial score (nSPS) is 16.4. The number of likely N-dealkylation sites (tertiary alicyclic amines) is 1. The third kappa shape index (κ3) is 4.42. The summed E-state index contributed by atoms with van der Waals surface area (Å²) < 4.78 is 5.14. The van der Waals surface area contributed by atoms with Crippen LogP contribution in [-0.2, 0) is 16.1 Å². The van der Waals surface area contributed by atoms with Crippen molar-refractivity contribution in [3.63, 3.8) is 0 Å². The number of piperidine rings is 1. The lowest BCUT2D eigenvalue weighted by Crippen LogP contribution is -2.54. The molecule has 1 heterocycles. The molecule has 0 bridgehead atoms. The second-order valence-electron chi connectivity index (χ2n) is 7.28. The van der Waals surface area contributed by atoms with E-state index in [2.05, 4.69) is 22.3 Å². The van der Waals surface area contributed by atoms with Gasteiger partial charge in [-0.2, -0.15) is 0 Å². The number of rotatable bonds is 7. The molecule has 0 spiro atoms. The highest BCUT2D eigenvalue weighted by Crippen LogP contribution is 2.31. The van der Waals surface area contributed by atoms with Crippen LogP contribution in [0.25, 0.3) is 0 Å². The van der Waals surface area contributed by atoms with Gasteiger partial charge in [-0.25, -0.2) is 4.79 Å². The second kappa shape index (κ2) is 9.02. The molecule has 28 heavy (non-hydrogen) atoms. The minimum absolute atomic E-state index is 0.0598. The maximum absolute atomic E-state index is 12.7. The highest BCUT2D eigenvalue weighted by molar-refractivity contribution is 6.01. The highest BCUT2D eigenvalue weighted by Gasteiger charge is 2.43. The number of hydrogen-bond donors (Lipinski definition) is 1. The van der Waals surface area contributed by atoms with Crippen LogP contribution < -0.4 is 5.32 Å². The van der Waals surface area contributed by atoms with Gasteiger partial charge in [0.25, 0.3) is 0 Å². The molecule has 0 aliphatic carbocycles. The third-order valence-electron chi connectivity index (χ3n) is 5.46. The molecule has 1 aliphatic rings. The van der Waals surface area contributed by atoms with E-state index >= 15 is 0 Å². The number of carbonyl (C=O) groups is 2. The maximum Gasteiger partial charge on any atom is 0.331 e. The van der Waals surface area contributed by atoms with Crippen LogP contribution in [0, 0.1) is 0 Å². The Kier molecular flexibility index (Phi) is 6.47. The SMILES string of the molecule is CCC(=O)c1ccccc1NC1(C(=O)OC)CCN(Cc2ccccc2)CC1. The molecule has 2 aromatic rings. The number of benzene rings is 2. The molecule has 0 amide bonds. The van der Waals surface area contributed by atoms with Crippen LogP contribution >= 0.6 is 0 Å². The van der Waals surface area contributed by atoms with Crippen LogP contribution in [0.3, 0.4) is 0 Å². The van der Waals surface area contributed by atoms with Crippen LogP contribution in [-0.4, -0.2) is 42.4 Å². The Bertz CT molecular complexity index is 812. The van der Waals surface area contributed by atoms with Crippen LogP contribution in [0.4, 0.5) is 5.69 Å². The molecule has 0 atom stereocenters. The fourth-order valence-electron chi connectivity index (χ4n) is 3.79. The fourth-order valence-corrected chi connectivity index (χ4v) is 3.79. The molecule has 1 aliphatic heterocycles. The summed E-state index contributed by atoms with van der Waals surface area (Å²) in [7, 11) is 1.42. The minimum Gasteiger partial charge on any atom is -0.467 e. The molecular weight excluding hydrogens is 352 g/mol. The van der Waals surface area contributed by atoms with Crippen molar-refractivity contribution in [3.8, 4) is 0 Å². The lowest BCUT2D eigenvalue weighted by molar-refractivity contribution is -0.147. The predicted molar refractivity (Wildman–Crippen MR) is 110 cm³/mol. The molecule has 0 saturated carbocycles. The van der Waals surface area contributed by atoms with Crippen LogP contribution in [0.2, 0.25) is 0 Å². The Morgan fingerprint density at radius 3 is 2.32 bits per heavy atom. The zero-order valence-corrected chi connectivity index (χ0v) is 16.6. The lowest BCUT2D eigenvalue weighted by Gasteiger charge is -2.41. The number of hydrogen-bond acceptors (Lipinski definition) is 5. The van der Waals surface area contributed by atoms with Gasteiger partial charge in [0.2, 0.25) is 0 Å². The number of carbonyl (C=O) groups excluding carboxylic acids is 2. The molecule has 148 valence electrons. The number of ketones is 1. The van der Waals surface area contributed by atoms with Gasteiger partial charge in [-0.05, 0) is 30.5 Å². The molecule has 2 aromatic carbocycles. The molecular formula is C23H28N2O3. The monoisotopic (exact) mass is 380 g/mol. The average Bonchev–Trinajstić information content (AvgIpc) is 2.75. The van der Waals surface area contributed by atoms with Crippen LogP contribution in [0.1, 0.15) is 42.1 Å². The summed E-state index contributed by atoms with van der Waals surface area (Å²) in [6.07, 6.45) is 1.68. The number of nitrogens with one attached hydrogen (secondary N) is 1. The average molecular weight is 380 g/mol. The Morgan fingerprint density at radius 1 is 1.04 bits per heavy atom. The molecule has 1 fully saturated rings. The van der Waals surface area contributed by atoms with E-state index in [0.29, 0.717) is 30.5 Å². The van der Waals surface area contributed by atoms with Crippen molar-refractivity contribution in [3.05, 3.63) is 65.7 Å². The molecule has 5 heteroatoms. The summed E-state index contributed by atoms with van der Waals surface area (Å²) in [5, 5.41) is 3.39. The highest BCUT2D eigenvalue weighted by atomic mass is 16.5. The van der Waals surface area contributed by atoms with Gasteiger partial charge in [0.05, 0.1) is 7.11 Å². The van der Waals surface area contributed by atoms with Crippen molar-refractivity contribution in [1.29, 1.82) is 0 Å². The van der Waals surface area contributed by atoms with Crippen LogP contribution in [0.15, 0.2) is 54.6 Å². The largest absolute Gasteiger partial charge is 0.467 e. The summed E-state index contributed by atoms with van der Waals surface area (Å²) in [4.78, 5) is 27.4. The number of Topliss-reactive ketones (excluding diaryl/α,β-unsaturated/α-hetero) is 1. The lowest BCUT2D eigenvalue weighted by atomic mass is 9.86.